The van der Waals surface area contributed by atoms with Gasteiger partial charge in [0.15, 0.2) is 0 Å². The molecule has 0 heterocycles. The lowest BCUT2D eigenvalue weighted by molar-refractivity contribution is -0.385. The third-order valence-corrected chi connectivity index (χ3v) is 4.47. The summed E-state index contributed by atoms with van der Waals surface area (Å²) in [5.41, 5.74) is 0.325. The van der Waals surface area contributed by atoms with E-state index in [1.165, 1.54) is 12.1 Å². The van der Waals surface area contributed by atoms with Crippen LogP contribution in [0.25, 0.3) is 0 Å². The van der Waals surface area contributed by atoms with Crippen molar-refractivity contribution < 1.29 is 9.72 Å². The third-order valence-electron chi connectivity index (χ3n) is 3.24. The Labute approximate surface area is 120 Å². The molecule has 0 bridgehead atoms. The molecule has 0 fully saturated rings. The van der Waals surface area contributed by atoms with Crippen molar-refractivity contribution in [1.29, 1.82) is 0 Å². The number of nitro benzene ring substituents is 1. The van der Waals surface area contributed by atoms with E-state index in [0.29, 0.717) is 16.5 Å². The van der Waals surface area contributed by atoms with Gasteiger partial charge < -0.3 is 5.32 Å². The van der Waals surface area contributed by atoms with Crippen molar-refractivity contribution >= 4 is 27.5 Å². The van der Waals surface area contributed by atoms with Gasteiger partial charge in [0.1, 0.15) is 0 Å². The number of rotatable bonds is 5. The Morgan fingerprint density at radius 1 is 1.53 bits per heavy atom. The van der Waals surface area contributed by atoms with E-state index in [-0.39, 0.29) is 17.1 Å². The molecule has 1 aromatic rings. The van der Waals surface area contributed by atoms with E-state index in [4.69, 9.17) is 0 Å². The fraction of sp³-hybridized carbons (Fsp3) is 0.462. The minimum Gasteiger partial charge on any atom is -0.346 e. The second-order valence-electron chi connectivity index (χ2n) is 4.71. The van der Waals surface area contributed by atoms with Gasteiger partial charge in [0, 0.05) is 28.1 Å². The summed E-state index contributed by atoms with van der Waals surface area (Å²) in [5.74, 6) is -0.287. The maximum absolute atomic E-state index is 12.2. The first-order valence-corrected chi connectivity index (χ1v) is 7.09. The average Bonchev–Trinajstić information content (AvgIpc) is 2.38. The van der Waals surface area contributed by atoms with Gasteiger partial charge in [-0.05, 0) is 26.3 Å². The number of alkyl halides is 1. The number of nitrogens with zero attached hydrogens (tertiary/aromatic N) is 1. The lowest BCUT2D eigenvalue weighted by atomic mass is 9.99. The molecule has 0 aliphatic rings. The number of hydrogen-bond acceptors (Lipinski definition) is 3. The first-order valence-electron chi connectivity index (χ1n) is 5.97. The van der Waals surface area contributed by atoms with Gasteiger partial charge in [-0.25, -0.2) is 0 Å². The Hall–Kier alpha value is -1.43. The molecule has 1 atom stereocenters. The predicted molar refractivity (Wildman–Crippen MR) is 77.8 cm³/mol. The predicted octanol–water partition coefficient (Wildman–Crippen LogP) is 3.20. The zero-order valence-electron chi connectivity index (χ0n) is 11.2. The molecule has 0 aliphatic heterocycles. The molecule has 19 heavy (non-hydrogen) atoms. The van der Waals surface area contributed by atoms with Gasteiger partial charge in [-0.2, -0.15) is 0 Å². The third kappa shape index (κ3) is 3.53. The van der Waals surface area contributed by atoms with E-state index >= 15 is 0 Å². The van der Waals surface area contributed by atoms with Crippen molar-refractivity contribution in [3.63, 3.8) is 0 Å². The molecule has 104 valence electrons. The normalized spacial score (nSPS) is 13.7. The van der Waals surface area contributed by atoms with Crippen LogP contribution in [0.15, 0.2) is 18.2 Å². The Morgan fingerprint density at radius 2 is 2.16 bits per heavy atom. The van der Waals surface area contributed by atoms with Crippen LogP contribution in [0, 0.1) is 17.0 Å². The van der Waals surface area contributed by atoms with Crippen LogP contribution in [-0.2, 0) is 0 Å². The van der Waals surface area contributed by atoms with Gasteiger partial charge in [-0.3, -0.25) is 14.9 Å². The fourth-order valence-corrected chi connectivity index (χ4v) is 2.16. The Balaban J connectivity index is 3.08. The van der Waals surface area contributed by atoms with E-state index in [1.54, 1.807) is 13.0 Å². The molecule has 1 aromatic carbocycles. The van der Waals surface area contributed by atoms with Crippen LogP contribution in [-0.4, -0.2) is 21.7 Å². The molecule has 0 aromatic heterocycles. The lowest BCUT2D eigenvalue weighted by Gasteiger charge is -2.27. The van der Waals surface area contributed by atoms with E-state index in [2.05, 4.69) is 21.2 Å². The largest absolute Gasteiger partial charge is 0.346 e. The first-order chi connectivity index (χ1) is 8.84. The van der Waals surface area contributed by atoms with Gasteiger partial charge in [-0.1, -0.05) is 28.9 Å². The summed E-state index contributed by atoms with van der Waals surface area (Å²) in [6, 6.07) is 4.52. The van der Waals surface area contributed by atoms with Crippen LogP contribution in [0.4, 0.5) is 5.69 Å². The zero-order chi connectivity index (χ0) is 14.6. The molecule has 5 nitrogen and oxygen atoms in total. The first kappa shape index (κ1) is 15.6. The molecule has 0 aliphatic carbocycles. The van der Waals surface area contributed by atoms with Gasteiger partial charge in [0.2, 0.25) is 0 Å². The molecule has 0 saturated heterocycles. The second-order valence-corrected chi connectivity index (χ2v) is 5.27. The summed E-state index contributed by atoms with van der Waals surface area (Å²) in [4.78, 5) is 22.6. The summed E-state index contributed by atoms with van der Waals surface area (Å²) >= 11 is 3.37. The molecule has 1 rings (SSSR count). The van der Waals surface area contributed by atoms with Crippen molar-refractivity contribution in [3.8, 4) is 0 Å². The number of hydrogen-bond donors (Lipinski definition) is 1. The van der Waals surface area contributed by atoms with Crippen molar-refractivity contribution in [1.82, 2.24) is 5.32 Å². The number of nitrogens with one attached hydrogen (secondary N) is 1. The molecule has 1 unspecified atom stereocenters. The summed E-state index contributed by atoms with van der Waals surface area (Å²) in [5, 5.41) is 14.4. The maximum atomic E-state index is 12.2. The molecular weight excluding hydrogens is 312 g/mol. The van der Waals surface area contributed by atoms with Crippen molar-refractivity contribution in [2.75, 3.05) is 5.33 Å². The zero-order valence-corrected chi connectivity index (χ0v) is 12.8. The Kier molecular flexibility index (Phi) is 5.05. The highest BCUT2D eigenvalue weighted by atomic mass is 79.9. The molecule has 0 spiro atoms. The van der Waals surface area contributed by atoms with E-state index in [1.807, 2.05) is 13.8 Å². The number of nitro groups is 1. The van der Waals surface area contributed by atoms with E-state index in [0.717, 1.165) is 6.42 Å². The van der Waals surface area contributed by atoms with Gasteiger partial charge in [0.25, 0.3) is 11.6 Å². The lowest BCUT2D eigenvalue weighted by Crippen LogP contribution is -2.47. The molecule has 1 amide bonds. The SMILES string of the molecule is CCC(C)(CBr)NC(=O)c1cccc([N+](=O)[O-])c1C. The number of carbonyl (C=O) groups excluding carboxylic acids is 1. The molecular formula is C13H17BrN2O3. The summed E-state index contributed by atoms with van der Waals surface area (Å²) in [6.07, 6.45) is 0.762. The van der Waals surface area contributed by atoms with E-state index in [9.17, 15) is 14.9 Å². The van der Waals surface area contributed by atoms with Crippen LogP contribution in [0.2, 0.25) is 0 Å². The average molecular weight is 329 g/mol. The number of carbonyl (C=O) groups is 1. The van der Waals surface area contributed by atoms with Crippen LogP contribution in [0.3, 0.4) is 0 Å². The summed E-state index contributed by atoms with van der Waals surface area (Å²) < 4.78 is 0. The van der Waals surface area contributed by atoms with Crippen LogP contribution < -0.4 is 5.32 Å². The minimum atomic E-state index is -0.477. The second kappa shape index (κ2) is 6.14. The minimum absolute atomic E-state index is 0.0373. The van der Waals surface area contributed by atoms with Crippen molar-refractivity contribution in [2.45, 2.75) is 32.7 Å². The highest BCUT2D eigenvalue weighted by molar-refractivity contribution is 9.09. The number of amides is 1. The van der Waals surface area contributed by atoms with Crippen LogP contribution in [0.5, 0.6) is 0 Å². The van der Waals surface area contributed by atoms with Crippen molar-refractivity contribution in [2.24, 2.45) is 0 Å². The monoisotopic (exact) mass is 328 g/mol. The van der Waals surface area contributed by atoms with Gasteiger partial charge in [-0.15, -0.1) is 0 Å². The van der Waals surface area contributed by atoms with Gasteiger partial charge in [0.05, 0.1) is 4.92 Å². The van der Waals surface area contributed by atoms with E-state index < -0.39 is 4.92 Å². The highest BCUT2D eigenvalue weighted by Gasteiger charge is 2.25. The standard InChI is InChI=1S/C13H17BrN2O3/c1-4-13(3,8-14)15-12(17)10-6-5-7-11(9(10)2)16(18)19/h5-7H,4,8H2,1-3H3,(H,15,17). The topological polar surface area (TPSA) is 72.2 Å². The van der Waals surface area contributed by atoms with Gasteiger partial charge >= 0.3 is 0 Å². The molecule has 0 saturated carbocycles. The van der Waals surface area contributed by atoms with Crippen molar-refractivity contribution in [3.05, 3.63) is 39.4 Å². The smallest absolute Gasteiger partial charge is 0.273 e. The number of benzene rings is 1. The molecule has 1 N–H and O–H groups in total. The summed E-state index contributed by atoms with van der Waals surface area (Å²) in [7, 11) is 0. The number of halogens is 1. The Bertz CT molecular complexity index is 499. The van der Waals surface area contributed by atoms with Crippen LogP contribution >= 0.6 is 15.9 Å². The summed E-state index contributed by atoms with van der Waals surface area (Å²) in [6.45, 7) is 5.48. The fourth-order valence-electron chi connectivity index (χ4n) is 1.62. The van der Waals surface area contributed by atoms with Crippen LogP contribution in [0.1, 0.15) is 36.2 Å². The molecule has 6 heteroatoms. The molecule has 0 radical (unpaired) electrons. The maximum Gasteiger partial charge on any atom is 0.273 e. The quantitative estimate of drug-likeness (QED) is 0.512. The highest BCUT2D eigenvalue weighted by Crippen LogP contribution is 2.22. The Morgan fingerprint density at radius 3 is 2.63 bits per heavy atom.